The van der Waals surface area contributed by atoms with Crippen molar-refractivity contribution in [2.24, 2.45) is 7.05 Å². The molecule has 0 aromatic carbocycles. The summed E-state index contributed by atoms with van der Waals surface area (Å²) < 4.78 is 63.4. The van der Waals surface area contributed by atoms with Crippen molar-refractivity contribution in [2.45, 2.75) is 19.3 Å². The van der Waals surface area contributed by atoms with Gasteiger partial charge in [-0.05, 0) is 6.07 Å². The molecule has 0 aliphatic carbocycles. The summed E-state index contributed by atoms with van der Waals surface area (Å²) in [4.78, 5) is 0. The van der Waals surface area contributed by atoms with Crippen LogP contribution in [0.15, 0.2) is 18.3 Å². The molecule has 2 aromatic rings. The lowest BCUT2D eigenvalue weighted by molar-refractivity contribution is -0.141. The van der Waals surface area contributed by atoms with E-state index in [2.05, 4.69) is 15.5 Å². The number of anilines is 1. The lowest BCUT2D eigenvalue weighted by Crippen LogP contribution is -2.07. The first-order chi connectivity index (χ1) is 9.27. The molecule has 0 unspecified atom stereocenters. The van der Waals surface area contributed by atoms with Gasteiger partial charge in [-0.15, -0.1) is 12.4 Å². The first kappa shape index (κ1) is 17.2. The Morgan fingerprint density at radius 3 is 2.43 bits per heavy atom. The molecule has 0 aliphatic rings. The van der Waals surface area contributed by atoms with Gasteiger partial charge in [0, 0.05) is 19.3 Å². The summed E-state index contributed by atoms with van der Waals surface area (Å²) in [6, 6.07) is 2.18. The second-order valence-electron chi connectivity index (χ2n) is 3.95. The lowest BCUT2D eigenvalue weighted by atomic mass is 10.3. The van der Waals surface area contributed by atoms with Gasteiger partial charge < -0.3 is 5.32 Å². The van der Waals surface area contributed by atoms with Gasteiger partial charge in [0.25, 0.3) is 0 Å². The monoisotopic (exact) mass is 331 g/mol. The van der Waals surface area contributed by atoms with Gasteiger partial charge in [-0.1, -0.05) is 0 Å². The van der Waals surface area contributed by atoms with Crippen LogP contribution in [-0.4, -0.2) is 19.6 Å². The predicted molar refractivity (Wildman–Crippen MR) is 66.3 cm³/mol. The molecule has 0 radical (unpaired) electrons. The highest BCUT2D eigenvalue weighted by Gasteiger charge is 2.34. The molecule has 118 valence electrons. The smallest absolute Gasteiger partial charge is 0.363 e. The van der Waals surface area contributed by atoms with E-state index in [0.29, 0.717) is 4.68 Å². The molecule has 0 amide bonds. The van der Waals surface area contributed by atoms with E-state index < -0.39 is 18.4 Å². The maximum Gasteiger partial charge on any atom is 0.435 e. The molecule has 0 spiro atoms. The molecule has 2 aromatic heterocycles. The molecule has 0 saturated carbocycles. The van der Waals surface area contributed by atoms with E-state index in [0.717, 1.165) is 16.9 Å². The quantitative estimate of drug-likeness (QED) is 0.876. The maximum atomic E-state index is 12.4. The number of rotatable bonds is 4. The Labute approximate surface area is 122 Å². The van der Waals surface area contributed by atoms with Crippen molar-refractivity contribution in [1.29, 1.82) is 0 Å². The minimum absolute atomic E-state index is 0. The zero-order valence-corrected chi connectivity index (χ0v) is 11.4. The molecular weight excluding hydrogens is 321 g/mol. The zero-order chi connectivity index (χ0) is 14.9. The predicted octanol–water partition coefficient (Wildman–Crippen LogP) is 3.06. The van der Waals surface area contributed by atoms with Gasteiger partial charge in [-0.3, -0.25) is 4.68 Å². The van der Waals surface area contributed by atoms with E-state index in [4.69, 9.17) is 0 Å². The van der Waals surface area contributed by atoms with Crippen LogP contribution in [0, 0.1) is 0 Å². The Kier molecular flexibility index (Phi) is 5.15. The highest BCUT2D eigenvalue weighted by molar-refractivity contribution is 5.85. The fourth-order valence-corrected chi connectivity index (χ4v) is 1.53. The normalized spacial score (nSPS) is 11.6. The summed E-state index contributed by atoms with van der Waals surface area (Å²) in [6.07, 6.45) is -3.45. The average molecular weight is 332 g/mol. The van der Waals surface area contributed by atoms with Gasteiger partial charge in [0.15, 0.2) is 5.69 Å². The molecule has 0 atom stereocenters. The van der Waals surface area contributed by atoms with Crippen molar-refractivity contribution < 1.29 is 22.0 Å². The number of aromatic nitrogens is 4. The van der Waals surface area contributed by atoms with Gasteiger partial charge in [0.2, 0.25) is 0 Å². The standard InChI is InChI=1S/C10H10F5N5.ClH/c1-19-6(4-7(17-19)10(13,14)15)5-16-8-2-3-20(18-8)9(11)12;/h2-4,9H,5H2,1H3,(H,16,18);1H. The molecule has 11 heteroatoms. The lowest BCUT2D eigenvalue weighted by Gasteiger charge is -2.03. The van der Waals surface area contributed by atoms with Crippen molar-refractivity contribution in [3.63, 3.8) is 0 Å². The van der Waals surface area contributed by atoms with E-state index in [9.17, 15) is 22.0 Å². The molecule has 0 fully saturated rings. The van der Waals surface area contributed by atoms with Crippen molar-refractivity contribution in [3.8, 4) is 0 Å². The number of alkyl halides is 5. The van der Waals surface area contributed by atoms with Crippen LogP contribution in [0.4, 0.5) is 27.8 Å². The summed E-state index contributed by atoms with van der Waals surface area (Å²) in [5.41, 5.74) is -0.751. The third-order valence-electron chi connectivity index (χ3n) is 2.53. The fourth-order valence-electron chi connectivity index (χ4n) is 1.53. The number of nitrogens with zero attached hydrogens (tertiary/aromatic N) is 4. The summed E-state index contributed by atoms with van der Waals surface area (Å²) in [5, 5.41) is 9.50. The Bertz CT molecular complexity index is 591. The van der Waals surface area contributed by atoms with Gasteiger partial charge >= 0.3 is 12.7 Å². The number of halogens is 6. The maximum absolute atomic E-state index is 12.4. The molecule has 21 heavy (non-hydrogen) atoms. The molecule has 1 N–H and O–H groups in total. The topological polar surface area (TPSA) is 47.7 Å². The molecule has 0 saturated heterocycles. The highest BCUT2D eigenvalue weighted by Crippen LogP contribution is 2.28. The van der Waals surface area contributed by atoms with Crippen LogP contribution in [0.3, 0.4) is 0 Å². The van der Waals surface area contributed by atoms with Crippen LogP contribution in [0.2, 0.25) is 0 Å². The Balaban J connectivity index is 0.00000220. The Hall–Kier alpha value is -1.84. The van der Waals surface area contributed by atoms with Gasteiger partial charge in [-0.25, -0.2) is 4.68 Å². The van der Waals surface area contributed by atoms with Gasteiger partial charge in [0.05, 0.1) is 12.2 Å². The molecule has 2 rings (SSSR count). The van der Waals surface area contributed by atoms with Crippen LogP contribution in [0.5, 0.6) is 0 Å². The van der Waals surface area contributed by atoms with Crippen molar-refractivity contribution in [3.05, 3.63) is 29.7 Å². The minimum Gasteiger partial charge on any atom is -0.363 e. The summed E-state index contributed by atoms with van der Waals surface area (Å²) in [5.74, 6) is 0.139. The highest BCUT2D eigenvalue weighted by atomic mass is 35.5. The first-order valence-electron chi connectivity index (χ1n) is 5.44. The molecule has 5 nitrogen and oxygen atoms in total. The molecular formula is C10H11ClF5N5. The summed E-state index contributed by atoms with van der Waals surface area (Å²) in [7, 11) is 1.37. The largest absolute Gasteiger partial charge is 0.435 e. The molecule has 0 bridgehead atoms. The van der Waals surface area contributed by atoms with Crippen LogP contribution in [0.25, 0.3) is 0 Å². The zero-order valence-electron chi connectivity index (χ0n) is 10.6. The van der Waals surface area contributed by atoms with Crippen LogP contribution in [-0.2, 0) is 19.8 Å². The summed E-state index contributed by atoms with van der Waals surface area (Å²) >= 11 is 0. The van der Waals surface area contributed by atoms with Crippen LogP contribution in [0.1, 0.15) is 17.9 Å². The SMILES string of the molecule is Cl.Cn1nc(C(F)(F)F)cc1CNc1ccn(C(F)F)n1. The Morgan fingerprint density at radius 1 is 1.29 bits per heavy atom. The first-order valence-corrected chi connectivity index (χ1v) is 5.44. The second kappa shape index (κ2) is 6.29. The van der Waals surface area contributed by atoms with Gasteiger partial charge in [0.1, 0.15) is 5.82 Å². The second-order valence-corrected chi connectivity index (χ2v) is 3.95. The van der Waals surface area contributed by atoms with Crippen molar-refractivity contribution in [1.82, 2.24) is 19.6 Å². The van der Waals surface area contributed by atoms with Crippen molar-refractivity contribution in [2.75, 3.05) is 5.32 Å². The van der Waals surface area contributed by atoms with E-state index in [1.807, 2.05) is 0 Å². The van der Waals surface area contributed by atoms with E-state index in [1.165, 1.54) is 13.1 Å². The van der Waals surface area contributed by atoms with Crippen molar-refractivity contribution >= 4 is 18.2 Å². The van der Waals surface area contributed by atoms with Crippen LogP contribution < -0.4 is 5.32 Å². The van der Waals surface area contributed by atoms with Crippen LogP contribution >= 0.6 is 12.4 Å². The number of nitrogens with one attached hydrogen (secondary N) is 1. The summed E-state index contributed by atoms with van der Waals surface area (Å²) in [6.45, 7) is -2.78. The average Bonchev–Trinajstić information content (AvgIpc) is 2.92. The Morgan fingerprint density at radius 2 is 1.95 bits per heavy atom. The van der Waals surface area contributed by atoms with E-state index in [1.54, 1.807) is 0 Å². The third kappa shape index (κ3) is 4.06. The number of hydrogen-bond donors (Lipinski definition) is 1. The van der Waals surface area contributed by atoms with Gasteiger partial charge in [-0.2, -0.15) is 32.1 Å². The number of hydrogen-bond acceptors (Lipinski definition) is 3. The minimum atomic E-state index is -4.52. The van der Waals surface area contributed by atoms with E-state index in [-0.39, 0.29) is 30.5 Å². The fraction of sp³-hybridized carbons (Fsp3) is 0.400. The molecule has 0 aliphatic heterocycles. The molecule has 2 heterocycles. The third-order valence-corrected chi connectivity index (χ3v) is 2.53. The van der Waals surface area contributed by atoms with E-state index >= 15 is 0 Å². The number of aryl methyl sites for hydroxylation is 1.